The maximum absolute atomic E-state index is 9.47. The van der Waals surface area contributed by atoms with Crippen molar-refractivity contribution in [3.05, 3.63) is 0 Å². The monoisotopic (exact) mass is 160 g/mol. The number of ether oxygens (including phenoxy) is 1. The standard InChI is InChI=1S/C8H16O3/c1-5-3-6(2)11-7(4-9)8(5)10/h5-10H,3-4H2,1-2H3. The van der Waals surface area contributed by atoms with E-state index in [0.717, 1.165) is 6.42 Å². The topological polar surface area (TPSA) is 49.7 Å². The fourth-order valence-electron chi connectivity index (χ4n) is 1.61. The van der Waals surface area contributed by atoms with E-state index in [1.807, 2.05) is 13.8 Å². The number of hydrogen-bond donors (Lipinski definition) is 2. The Balaban J connectivity index is 2.51. The van der Waals surface area contributed by atoms with Crippen LogP contribution in [0, 0.1) is 5.92 Å². The fraction of sp³-hybridized carbons (Fsp3) is 1.00. The summed E-state index contributed by atoms with van der Waals surface area (Å²) in [6.07, 6.45) is 0.146. The molecule has 1 saturated heterocycles. The minimum Gasteiger partial charge on any atom is -0.394 e. The van der Waals surface area contributed by atoms with Crippen molar-refractivity contribution in [3.63, 3.8) is 0 Å². The van der Waals surface area contributed by atoms with Gasteiger partial charge in [0.1, 0.15) is 6.10 Å². The lowest BCUT2D eigenvalue weighted by molar-refractivity contribution is -0.149. The highest BCUT2D eigenvalue weighted by molar-refractivity contribution is 4.81. The van der Waals surface area contributed by atoms with Gasteiger partial charge in [0.15, 0.2) is 0 Å². The van der Waals surface area contributed by atoms with E-state index >= 15 is 0 Å². The maximum Gasteiger partial charge on any atom is 0.107 e. The second kappa shape index (κ2) is 3.52. The zero-order chi connectivity index (χ0) is 8.43. The van der Waals surface area contributed by atoms with Crippen molar-refractivity contribution >= 4 is 0 Å². The molecule has 4 atom stereocenters. The van der Waals surface area contributed by atoms with E-state index in [4.69, 9.17) is 9.84 Å². The summed E-state index contributed by atoms with van der Waals surface area (Å²) in [7, 11) is 0. The van der Waals surface area contributed by atoms with Crippen LogP contribution >= 0.6 is 0 Å². The van der Waals surface area contributed by atoms with E-state index < -0.39 is 6.10 Å². The average Bonchev–Trinajstić information content (AvgIpc) is 1.96. The highest BCUT2D eigenvalue weighted by Gasteiger charge is 2.32. The molecule has 0 amide bonds. The molecular formula is C8H16O3. The molecule has 11 heavy (non-hydrogen) atoms. The van der Waals surface area contributed by atoms with E-state index in [2.05, 4.69) is 0 Å². The largest absolute Gasteiger partial charge is 0.394 e. The molecule has 0 spiro atoms. The molecule has 1 heterocycles. The highest BCUT2D eigenvalue weighted by Crippen LogP contribution is 2.24. The quantitative estimate of drug-likeness (QED) is 0.574. The van der Waals surface area contributed by atoms with Gasteiger partial charge in [-0.3, -0.25) is 0 Å². The minimum atomic E-state index is -0.504. The summed E-state index contributed by atoms with van der Waals surface area (Å²) >= 11 is 0. The van der Waals surface area contributed by atoms with Crippen LogP contribution < -0.4 is 0 Å². The van der Waals surface area contributed by atoms with E-state index in [0.29, 0.717) is 0 Å². The van der Waals surface area contributed by atoms with Crippen LogP contribution in [0.1, 0.15) is 20.3 Å². The average molecular weight is 160 g/mol. The first-order valence-corrected chi connectivity index (χ1v) is 4.09. The Labute approximate surface area is 67.0 Å². The van der Waals surface area contributed by atoms with Crippen LogP contribution in [-0.2, 0) is 4.74 Å². The number of aliphatic hydroxyl groups is 2. The van der Waals surface area contributed by atoms with Crippen molar-refractivity contribution < 1.29 is 14.9 Å². The molecule has 1 aliphatic rings. The third kappa shape index (κ3) is 1.92. The molecule has 0 bridgehead atoms. The van der Waals surface area contributed by atoms with Gasteiger partial charge in [-0.25, -0.2) is 0 Å². The third-order valence-electron chi connectivity index (χ3n) is 2.25. The van der Waals surface area contributed by atoms with Crippen LogP contribution in [0.4, 0.5) is 0 Å². The molecule has 66 valence electrons. The molecule has 0 saturated carbocycles. The molecule has 0 aromatic rings. The van der Waals surface area contributed by atoms with Gasteiger partial charge >= 0.3 is 0 Å². The van der Waals surface area contributed by atoms with Crippen LogP contribution in [0.15, 0.2) is 0 Å². The van der Waals surface area contributed by atoms with Gasteiger partial charge in [-0.05, 0) is 19.3 Å². The van der Waals surface area contributed by atoms with Crippen molar-refractivity contribution in [3.8, 4) is 0 Å². The summed E-state index contributed by atoms with van der Waals surface area (Å²) in [6, 6.07) is 0. The number of rotatable bonds is 1. The number of aliphatic hydroxyl groups excluding tert-OH is 2. The first-order chi connectivity index (χ1) is 5.15. The molecular weight excluding hydrogens is 144 g/mol. The predicted molar refractivity (Wildman–Crippen MR) is 41.2 cm³/mol. The van der Waals surface area contributed by atoms with E-state index in [9.17, 15) is 5.11 Å². The van der Waals surface area contributed by atoms with Crippen molar-refractivity contribution in [1.82, 2.24) is 0 Å². The van der Waals surface area contributed by atoms with Gasteiger partial charge in [0.05, 0.1) is 18.8 Å². The predicted octanol–water partition coefficient (Wildman–Crippen LogP) is 0.153. The van der Waals surface area contributed by atoms with Gasteiger partial charge in [-0.2, -0.15) is 0 Å². The normalized spacial score (nSPS) is 45.8. The lowest BCUT2D eigenvalue weighted by atomic mass is 9.91. The highest BCUT2D eigenvalue weighted by atomic mass is 16.5. The second-order valence-corrected chi connectivity index (χ2v) is 3.37. The van der Waals surface area contributed by atoms with Crippen molar-refractivity contribution in [2.75, 3.05) is 6.61 Å². The molecule has 3 nitrogen and oxygen atoms in total. The molecule has 0 radical (unpaired) electrons. The van der Waals surface area contributed by atoms with E-state index in [1.54, 1.807) is 0 Å². The fourth-order valence-corrected chi connectivity index (χ4v) is 1.61. The van der Waals surface area contributed by atoms with Gasteiger partial charge < -0.3 is 14.9 Å². The Hall–Kier alpha value is -0.120. The Morgan fingerprint density at radius 2 is 2.09 bits per heavy atom. The van der Waals surface area contributed by atoms with Crippen molar-refractivity contribution in [2.24, 2.45) is 5.92 Å². The Morgan fingerprint density at radius 1 is 1.45 bits per heavy atom. The molecule has 2 N–H and O–H groups in total. The minimum absolute atomic E-state index is 0.0875. The van der Waals surface area contributed by atoms with Crippen molar-refractivity contribution in [1.29, 1.82) is 0 Å². The zero-order valence-corrected chi connectivity index (χ0v) is 7.03. The molecule has 1 fully saturated rings. The zero-order valence-electron chi connectivity index (χ0n) is 7.03. The summed E-state index contributed by atoms with van der Waals surface area (Å²) in [4.78, 5) is 0. The first-order valence-electron chi connectivity index (χ1n) is 4.09. The van der Waals surface area contributed by atoms with Crippen molar-refractivity contribution in [2.45, 2.75) is 38.6 Å². The lowest BCUT2D eigenvalue weighted by Crippen LogP contribution is -2.45. The Morgan fingerprint density at radius 3 is 2.64 bits per heavy atom. The van der Waals surface area contributed by atoms with Gasteiger partial charge in [0, 0.05) is 0 Å². The van der Waals surface area contributed by atoms with Gasteiger partial charge in [-0.1, -0.05) is 6.92 Å². The molecule has 1 aliphatic heterocycles. The summed E-state index contributed by atoms with van der Waals surface area (Å²) in [6.45, 7) is 3.85. The molecule has 0 aromatic heterocycles. The van der Waals surface area contributed by atoms with Gasteiger partial charge in [-0.15, -0.1) is 0 Å². The summed E-state index contributed by atoms with van der Waals surface area (Å²) in [5.74, 6) is 0.232. The summed E-state index contributed by atoms with van der Waals surface area (Å²) in [5, 5.41) is 18.3. The first kappa shape index (κ1) is 8.97. The Kier molecular flexibility index (Phi) is 2.87. The number of hydrogen-bond acceptors (Lipinski definition) is 3. The van der Waals surface area contributed by atoms with E-state index in [-0.39, 0.29) is 24.7 Å². The lowest BCUT2D eigenvalue weighted by Gasteiger charge is -2.35. The smallest absolute Gasteiger partial charge is 0.107 e. The van der Waals surface area contributed by atoms with Crippen LogP contribution in [0.5, 0.6) is 0 Å². The van der Waals surface area contributed by atoms with E-state index in [1.165, 1.54) is 0 Å². The van der Waals surface area contributed by atoms with Gasteiger partial charge in [0.25, 0.3) is 0 Å². The van der Waals surface area contributed by atoms with Crippen LogP contribution in [0.2, 0.25) is 0 Å². The SMILES string of the molecule is CC1CC(C)C(O)C(CO)O1. The molecule has 4 unspecified atom stereocenters. The molecule has 0 aromatic carbocycles. The van der Waals surface area contributed by atoms with Crippen LogP contribution in [0.25, 0.3) is 0 Å². The summed E-state index contributed by atoms with van der Waals surface area (Å²) < 4.78 is 5.32. The third-order valence-corrected chi connectivity index (χ3v) is 2.25. The molecule has 1 rings (SSSR count). The van der Waals surface area contributed by atoms with Crippen LogP contribution in [0.3, 0.4) is 0 Å². The Bertz CT molecular complexity index is 127. The molecule has 3 heteroatoms. The van der Waals surface area contributed by atoms with Crippen LogP contribution in [-0.4, -0.2) is 35.1 Å². The second-order valence-electron chi connectivity index (χ2n) is 3.37. The maximum atomic E-state index is 9.47. The van der Waals surface area contributed by atoms with Gasteiger partial charge in [0.2, 0.25) is 0 Å². The summed E-state index contributed by atoms with van der Waals surface area (Å²) in [5.41, 5.74) is 0. The molecule has 0 aliphatic carbocycles.